The topological polar surface area (TPSA) is 71.7 Å². The standard InChI is InChI=1S/C15H22N4O3/c1-12-14(19(20)21)4-5-15(16-12)18-6-2-3-13(18)11-17-7-9-22-10-8-17/h4-5,13H,2-3,6-11H2,1H3/t13-/m0/s1. The second kappa shape index (κ2) is 6.58. The van der Waals surface area contributed by atoms with Crippen LogP contribution in [0.2, 0.25) is 0 Å². The SMILES string of the molecule is Cc1nc(N2CCC[C@H]2CN2CCOCC2)ccc1[N+](=O)[O-]. The van der Waals surface area contributed by atoms with Crippen LogP contribution < -0.4 is 4.90 Å². The number of aryl methyl sites for hydroxylation is 1. The van der Waals surface area contributed by atoms with E-state index in [9.17, 15) is 10.1 Å². The van der Waals surface area contributed by atoms with Gasteiger partial charge >= 0.3 is 0 Å². The van der Waals surface area contributed by atoms with Gasteiger partial charge in [-0.3, -0.25) is 15.0 Å². The lowest BCUT2D eigenvalue weighted by Gasteiger charge is -2.33. The van der Waals surface area contributed by atoms with Gasteiger partial charge in [-0.05, 0) is 25.8 Å². The van der Waals surface area contributed by atoms with Gasteiger partial charge in [0.15, 0.2) is 0 Å². The lowest BCUT2D eigenvalue weighted by atomic mass is 10.2. The molecule has 1 aromatic heterocycles. The molecule has 2 fully saturated rings. The first kappa shape index (κ1) is 15.2. The summed E-state index contributed by atoms with van der Waals surface area (Å²) < 4.78 is 5.40. The summed E-state index contributed by atoms with van der Waals surface area (Å²) in [5.41, 5.74) is 0.576. The van der Waals surface area contributed by atoms with Crippen molar-refractivity contribution in [3.63, 3.8) is 0 Å². The van der Waals surface area contributed by atoms with Crippen LogP contribution in [0.4, 0.5) is 11.5 Å². The van der Waals surface area contributed by atoms with E-state index in [1.165, 1.54) is 0 Å². The van der Waals surface area contributed by atoms with Gasteiger partial charge in [-0.2, -0.15) is 0 Å². The molecule has 2 aliphatic rings. The van der Waals surface area contributed by atoms with E-state index in [1.54, 1.807) is 19.1 Å². The molecule has 7 heteroatoms. The third-order valence-electron chi connectivity index (χ3n) is 4.48. The van der Waals surface area contributed by atoms with Crippen molar-refractivity contribution in [2.75, 3.05) is 44.3 Å². The number of morpholine rings is 1. The molecule has 0 spiro atoms. The molecule has 0 bridgehead atoms. The van der Waals surface area contributed by atoms with Gasteiger partial charge in [-0.15, -0.1) is 0 Å². The zero-order valence-electron chi connectivity index (χ0n) is 12.9. The van der Waals surface area contributed by atoms with Crippen molar-refractivity contribution in [3.8, 4) is 0 Å². The summed E-state index contributed by atoms with van der Waals surface area (Å²) in [6.07, 6.45) is 2.29. The second-order valence-electron chi connectivity index (χ2n) is 5.93. The zero-order chi connectivity index (χ0) is 15.5. The molecule has 0 N–H and O–H groups in total. The van der Waals surface area contributed by atoms with Gasteiger partial charge in [0.05, 0.1) is 18.1 Å². The Morgan fingerprint density at radius 3 is 2.82 bits per heavy atom. The molecule has 3 heterocycles. The van der Waals surface area contributed by atoms with Crippen LogP contribution in [-0.4, -0.2) is 60.2 Å². The highest BCUT2D eigenvalue weighted by atomic mass is 16.6. The molecule has 0 amide bonds. The normalized spacial score (nSPS) is 23.0. The summed E-state index contributed by atoms with van der Waals surface area (Å²) in [5.74, 6) is 0.860. The van der Waals surface area contributed by atoms with Gasteiger partial charge in [0, 0.05) is 38.3 Å². The lowest BCUT2D eigenvalue weighted by Crippen LogP contribution is -2.45. The second-order valence-corrected chi connectivity index (χ2v) is 5.93. The Balaban J connectivity index is 1.72. The first-order valence-electron chi connectivity index (χ1n) is 7.84. The van der Waals surface area contributed by atoms with Gasteiger partial charge in [0.2, 0.25) is 0 Å². The van der Waals surface area contributed by atoms with Crippen LogP contribution in [0.3, 0.4) is 0 Å². The Hall–Kier alpha value is -1.73. The molecule has 2 saturated heterocycles. The van der Waals surface area contributed by atoms with Crippen molar-refractivity contribution >= 4 is 11.5 Å². The van der Waals surface area contributed by atoms with Crippen LogP contribution in [0.15, 0.2) is 12.1 Å². The van der Waals surface area contributed by atoms with Crippen molar-refractivity contribution in [2.45, 2.75) is 25.8 Å². The predicted octanol–water partition coefficient (Wildman–Crippen LogP) is 1.60. The molecule has 0 radical (unpaired) electrons. The number of nitrogens with zero attached hydrogens (tertiary/aromatic N) is 4. The molecule has 3 rings (SSSR count). The Kier molecular flexibility index (Phi) is 4.54. The average molecular weight is 306 g/mol. The fourth-order valence-electron chi connectivity index (χ4n) is 3.30. The minimum absolute atomic E-state index is 0.0904. The number of hydrogen-bond acceptors (Lipinski definition) is 6. The van der Waals surface area contributed by atoms with Crippen molar-refractivity contribution in [1.82, 2.24) is 9.88 Å². The number of ether oxygens (including phenoxy) is 1. The van der Waals surface area contributed by atoms with Crippen molar-refractivity contribution in [2.24, 2.45) is 0 Å². The number of anilines is 1. The number of hydrogen-bond donors (Lipinski definition) is 0. The van der Waals surface area contributed by atoms with Crippen LogP contribution in [0.25, 0.3) is 0 Å². The van der Waals surface area contributed by atoms with Gasteiger partial charge in [0.1, 0.15) is 11.5 Å². The zero-order valence-corrected chi connectivity index (χ0v) is 12.9. The molecule has 7 nitrogen and oxygen atoms in total. The van der Waals surface area contributed by atoms with E-state index >= 15 is 0 Å². The molecule has 1 atom stereocenters. The van der Waals surface area contributed by atoms with Crippen LogP contribution >= 0.6 is 0 Å². The fourth-order valence-corrected chi connectivity index (χ4v) is 3.30. The number of pyridine rings is 1. The third kappa shape index (κ3) is 3.20. The van der Waals surface area contributed by atoms with Crippen molar-refractivity contribution in [3.05, 3.63) is 27.9 Å². The third-order valence-corrected chi connectivity index (χ3v) is 4.48. The quantitative estimate of drug-likeness (QED) is 0.621. The van der Waals surface area contributed by atoms with Gasteiger partial charge < -0.3 is 9.64 Å². The maximum Gasteiger partial charge on any atom is 0.290 e. The molecule has 0 aliphatic carbocycles. The van der Waals surface area contributed by atoms with Gasteiger partial charge in [-0.1, -0.05) is 0 Å². The van der Waals surface area contributed by atoms with E-state index < -0.39 is 0 Å². The van der Waals surface area contributed by atoms with Crippen LogP contribution in [0.1, 0.15) is 18.5 Å². The van der Waals surface area contributed by atoms with Crippen molar-refractivity contribution in [1.29, 1.82) is 0 Å². The van der Waals surface area contributed by atoms with Gasteiger partial charge in [0.25, 0.3) is 5.69 Å². The largest absolute Gasteiger partial charge is 0.379 e. The van der Waals surface area contributed by atoms with Crippen LogP contribution in [0, 0.1) is 17.0 Å². The smallest absolute Gasteiger partial charge is 0.290 e. The molecule has 22 heavy (non-hydrogen) atoms. The minimum atomic E-state index is -0.374. The Morgan fingerprint density at radius 1 is 1.36 bits per heavy atom. The molecule has 0 unspecified atom stereocenters. The Bertz CT molecular complexity index is 546. The lowest BCUT2D eigenvalue weighted by molar-refractivity contribution is -0.385. The number of nitro groups is 1. The van der Waals surface area contributed by atoms with E-state index in [1.807, 2.05) is 0 Å². The summed E-state index contributed by atoms with van der Waals surface area (Å²) in [5, 5.41) is 10.9. The van der Waals surface area contributed by atoms with E-state index in [0.717, 1.165) is 58.1 Å². The maximum absolute atomic E-state index is 10.9. The summed E-state index contributed by atoms with van der Waals surface area (Å²) in [6, 6.07) is 3.79. The summed E-state index contributed by atoms with van der Waals surface area (Å²) >= 11 is 0. The van der Waals surface area contributed by atoms with E-state index in [2.05, 4.69) is 14.8 Å². The fraction of sp³-hybridized carbons (Fsp3) is 0.667. The number of rotatable bonds is 4. The first-order chi connectivity index (χ1) is 10.6. The van der Waals surface area contributed by atoms with E-state index in [0.29, 0.717) is 11.7 Å². The van der Waals surface area contributed by atoms with Crippen LogP contribution in [-0.2, 0) is 4.74 Å². The summed E-state index contributed by atoms with van der Waals surface area (Å²) in [7, 11) is 0. The molecular weight excluding hydrogens is 284 g/mol. The van der Waals surface area contributed by atoms with Crippen LogP contribution in [0.5, 0.6) is 0 Å². The molecule has 1 aromatic rings. The van der Waals surface area contributed by atoms with E-state index in [4.69, 9.17) is 4.74 Å². The van der Waals surface area contributed by atoms with Gasteiger partial charge in [-0.25, -0.2) is 4.98 Å². The summed E-state index contributed by atoms with van der Waals surface area (Å²) in [6.45, 7) is 7.27. The molecule has 2 aliphatic heterocycles. The Labute approximate surface area is 130 Å². The molecular formula is C15H22N4O3. The summed E-state index contributed by atoms with van der Waals surface area (Å²) in [4.78, 5) is 19.7. The monoisotopic (exact) mass is 306 g/mol. The predicted molar refractivity (Wildman–Crippen MR) is 83.3 cm³/mol. The Morgan fingerprint density at radius 2 is 2.14 bits per heavy atom. The highest BCUT2D eigenvalue weighted by Crippen LogP contribution is 2.27. The molecule has 0 saturated carbocycles. The first-order valence-corrected chi connectivity index (χ1v) is 7.84. The molecule has 120 valence electrons. The van der Waals surface area contributed by atoms with E-state index in [-0.39, 0.29) is 10.6 Å². The highest BCUT2D eigenvalue weighted by molar-refractivity contribution is 5.48. The number of aromatic nitrogens is 1. The highest BCUT2D eigenvalue weighted by Gasteiger charge is 2.28. The molecule has 0 aromatic carbocycles. The average Bonchev–Trinajstić information content (AvgIpc) is 2.96. The minimum Gasteiger partial charge on any atom is -0.379 e. The maximum atomic E-state index is 10.9. The van der Waals surface area contributed by atoms with Crippen molar-refractivity contribution < 1.29 is 9.66 Å².